The van der Waals surface area contributed by atoms with Crippen molar-refractivity contribution < 1.29 is 0 Å². The topological polar surface area (TPSA) is 49.9 Å². The predicted octanol–water partition coefficient (Wildman–Crippen LogP) is 4.61. The highest BCUT2D eigenvalue weighted by Crippen LogP contribution is 2.38. The van der Waals surface area contributed by atoms with Crippen molar-refractivity contribution in [1.29, 1.82) is 5.41 Å². The molecule has 0 aliphatic heterocycles. The number of nitrogens with one attached hydrogen (secondary N) is 1. The van der Waals surface area contributed by atoms with E-state index in [4.69, 9.17) is 11.1 Å². The zero-order valence-corrected chi connectivity index (χ0v) is 12.7. The average molecular weight is 335 g/mol. The third-order valence-electron chi connectivity index (χ3n) is 2.65. The van der Waals surface area contributed by atoms with Crippen LogP contribution in [0.5, 0.6) is 0 Å². The van der Waals surface area contributed by atoms with E-state index in [2.05, 4.69) is 40.2 Å². The maximum Gasteiger partial charge on any atom is 0.0920 e. The van der Waals surface area contributed by atoms with E-state index in [1.54, 1.807) is 11.8 Å². The van der Waals surface area contributed by atoms with E-state index in [-0.39, 0.29) is 11.1 Å². The number of amidine groups is 1. The summed E-state index contributed by atoms with van der Waals surface area (Å²) in [7, 11) is 0. The smallest absolute Gasteiger partial charge is 0.0920 e. The van der Waals surface area contributed by atoms with Crippen LogP contribution in [-0.2, 0) is 0 Å². The van der Waals surface area contributed by atoms with Gasteiger partial charge in [-0.3, -0.25) is 5.41 Å². The summed E-state index contributed by atoms with van der Waals surface area (Å²) in [5.74, 6) is 0.219. The molecule has 0 radical (unpaired) electrons. The Balaban J connectivity index is 2.21. The molecule has 0 fully saturated rings. The van der Waals surface area contributed by atoms with Gasteiger partial charge in [0.15, 0.2) is 0 Å². The van der Waals surface area contributed by atoms with Crippen LogP contribution in [0.4, 0.5) is 0 Å². The minimum absolute atomic E-state index is 0.174. The van der Waals surface area contributed by atoms with Crippen LogP contribution in [-0.4, -0.2) is 5.84 Å². The van der Waals surface area contributed by atoms with E-state index in [0.717, 1.165) is 4.47 Å². The molecule has 3 N–H and O–H groups in total. The van der Waals surface area contributed by atoms with Gasteiger partial charge in [0.25, 0.3) is 0 Å². The van der Waals surface area contributed by atoms with Crippen LogP contribution < -0.4 is 5.73 Å². The maximum atomic E-state index is 7.54. The molecule has 19 heavy (non-hydrogen) atoms. The summed E-state index contributed by atoms with van der Waals surface area (Å²) in [5, 5.41) is 7.71. The number of benzene rings is 2. The van der Waals surface area contributed by atoms with Crippen LogP contribution in [0.25, 0.3) is 0 Å². The Kier molecular flexibility index (Phi) is 5.05. The fourth-order valence-corrected chi connectivity index (χ4v) is 3.59. The largest absolute Gasteiger partial charge is 0.388 e. The third-order valence-corrected chi connectivity index (χ3v) is 4.39. The van der Waals surface area contributed by atoms with E-state index in [9.17, 15) is 0 Å². The highest BCUT2D eigenvalue weighted by atomic mass is 79.9. The Morgan fingerprint density at radius 3 is 2.53 bits per heavy atom. The highest BCUT2D eigenvalue weighted by Gasteiger charge is 2.14. The molecular weight excluding hydrogens is 320 g/mol. The van der Waals surface area contributed by atoms with Gasteiger partial charge in [-0.2, -0.15) is 0 Å². The first kappa shape index (κ1) is 14.2. The van der Waals surface area contributed by atoms with E-state index in [1.165, 1.54) is 10.5 Å². The van der Waals surface area contributed by atoms with Gasteiger partial charge in [0.1, 0.15) is 0 Å². The van der Waals surface area contributed by atoms with Crippen LogP contribution in [0, 0.1) is 5.41 Å². The van der Waals surface area contributed by atoms with Crippen molar-refractivity contribution in [2.75, 3.05) is 0 Å². The highest BCUT2D eigenvalue weighted by molar-refractivity contribution is 9.10. The number of rotatable bonds is 5. The second kappa shape index (κ2) is 6.78. The van der Waals surface area contributed by atoms with E-state index in [0.29, 0.717) is 6.42 Å². The normalized spacial score (nSPS) is 12.1. The number of thioether (sulfide) groups is 1. The summed E-state index contributed by atoms with van der Waals surface area (Å²) >= 11 is 5.21. The molecule has 1 unspecified atom stereocenters. The second-order valence-electron chi connectivity index (χ2n) is 4.20. The molecule has 0 aromatic heterocycles. The van der Waals surface area contributed by atoms with Crippen LogP contribution in [0.15, 0.2) is 64.0 Å². The molecule has 0 saturated carbocycles. The predicted molar refractivity (Wildman–Crippen MR) is 85.7 cm³/mol. The second-order valence-corrected chi connectivity index (χ2v) is 6.40. The summed E-state index contributed by atoms with van der Waals surface area (Å²) in [6, 6.07) is 18.4. The van der Waals surface area contributed by atoms with Crippen molar-refractivity contribution in [3.8, 4) is 0 Å². The molecule has 0 aliphatic carbocycles. The van der Waals surface area contributed by atoms with Crippen molar-refractivity contribution in [3.63, 3.8) is 0 Å². The van der Waals surface area contributed by atoms with Crippen LogP contribution in [0.1, 0.15) is 17.2 Å². The summed E-state index contributed by atoms with van der Waals surface area (Å²) in [6.45, 7) is 0. The molecular formula is C15H15BrN2S. The first-order valence-electron chi connectivity index (χ1n) is 5.95. The molecule has 2 nitrogen and oxygen atoms in total. The van der Waals surface area contributed by atoms with Gasteiger partial charge in [-0.1, -0.05) is 52.3 Å². The fourth-order valence-electron chi connectivity index (χ4n) is 1.80. The van der Waals surface area contributed by atoms with E-state index >= 15 is 0 Å². The third kappa shape index (κ3) is 4.40. The number of nitrogens with two attached hydrogens (primary N) is 1. The van der Waals surface area contributed by atoms with Gasteiger partial charge >= 0.3 is 0 Å². The van der Waals surface area contributed by atoms with E-state index in [1.807, 2.05) is 30.3 Å². The minimum atomic E-state index is 0.174. The van der Waals surface area contributed by atoms with Gasteiger partial charge in [-0.25, -0.2) is 0 Å². The Hall–Kier alpha value is -1.26. The summed E-state index contributed by atoms with van der Waals surface area (Å²) in [5.41, 5.74) is 6.77. The van der Waals surface area contributed by atoms with Crippen molar-refractivity contribution in [2.24, 2.45) is 5.73 Å². The molecule has 0 spiro atoms. The molecule has 2 aromatic rings. The zero-order valence-electron chi connectivity index (χ0n) is 10.3. The zero-order chi connectivity index (χ0) is 13.7. The lowest BCUT2D eigenvalue weighted by Crippen LogP contribution is -2.13. The monoisotopic (exact) mass is 334 g/mol. The van der Waals surface area contributed by atoms with Gasteiger partial charge in [0.2, 0.25) is 0 Å². The van der Waals surface area contributed by atoms with Gasteiger partial charge in [0.05, 0.1) is 5.84 Å². The van der Waals surface area contributed by atoms with Gasteiger partial charge in [0, 0.05) is 21.0 Å². The lowest BCUT2D eigenvalue weighted by Gasteiger charge is -2.16. The molecule has 1 atom stereocenters. The SMILES string of the molecule is N=C(N)CC(Sc1cccc(Br)c1)c1ccccc1. The van der Waals surface area contributed by atoms with Crippen LogP contribution in [0.3, 0.4) is 0 Å². The van der Waals surface area contributed by atoms with Crippen LogP contribution >= 0.6 is 27.7 Å². The molecule has 0 saturated heterocycles. The summed E-state index contributed by atoms with van der Waals surface area (Å²) in [4.78, 5) is 1.17. The maximum absolute atomic E-state index is 7.54. The quantitative estimate of drug-likeness (QED) is 0.476. The Morgan fingerprint density at radius 2 is 1.89 bits per heavy atom. The fraction of sp³-hybridized carbons (Fsp3) is 0.133. The van der Waals surface area contributed by atoms with Crippen molar-refractivity contribution in [2.45, 2.75) is 16.6 Å². The molecule has 0 bridgehead atoms. The molecule has 4 heteroatoms. The Morgan fingerprint density at radius 1 is 1.16 bits per heavy atom. The lowest BCUT2D eigenvalue weighted by molar-refractivity contribution is 0.985. The van der Waals surface area contributed by atoms with E-state index < -0.39 is 0 Å². The molecule has 0 aliphatic rings. The minimum Gasteiger partial charge on any atom is -0.388 e. The standard InChI is InChI=1S/C15H15BrN2S/c16-12-7-4-8-13(9-12)19-14(10-15(17)18)11-5-2-1-3-6-11/h1-9,14H,10H2,(H3,17,18). The van der Waals surface area contributed by atoms with Crippen molar-refractivity contribution >= 4 is 33.5 Å². The Bertz CT molecular complexity index is 557. The summed E-state index contributed by atoms with van der Waals surface area (Å²) in [6.07, 6.45) is 0.557. The van der Waals surface area contributed by atoms with Gasteiger partial charge in [-0.15, -0.1) is 11.8 Å². The average Bonchev–Trinajstić information content (AvgIpc) is 2.38. The summed E-state index contributed by atoms with van der Waals surface area (Å²) < 4.78 is 1.06. The first-order chi connectivity index (χ1) is 9.15. The molecule has 98 valence electrons. The van der Waals surface area contributed by atoms with Crippen molar-refractivity contribution in [3.05, 3.63) is 64.6 Å². The molecule has 0 heterocycles. The number of hydrogen-bond donors (Lipinski definition) is 2. The molecule has 2 rings (SSSR count). The molecule has 2 aromatic carbocycles. The van der Waals surface area contributed by atoms with Gasteiger partial charge in [-0.05, 0) is 23.8 Å². The number of halogens is 1. The first-order valence-corrected chi connectivity index (χ1v) is 7.62. The van der Waals surface area contributed by atoms with Crippen LogP contribution in [0.2, 0.25) is 0 Å². The lowest BCUT2D eigenvalue weighted by atomic mass is 10.1. The Labute approximate surface area is 126 Å². The van der Waals surface area contributed by atoms with Crippen molar-refractivity contribution in [1.82, 2.24) is 0 Å². The number of hydrogen-bond acceptors (Lipinski definition) is 2. The van der Waals surface area contributed by atoms with Gasteiger partial charge < -0.3 is 5.73 Å². The molecule has 0 amide bonds.